The second-order valence-electron chi connectivity index (χ2n) is 8.28. The number of amides is 1. The number of nitrogens with zero attached hydrogens (tertiary/aromatic N) is 3. The Bertz CT molecular complexity index is 1190. The molecule has 5 rings (SSSR count). The molecule has 4 nitrogen and oxygen atoms in total. The molecule has 4 aromatic rings. The molecule has 1 aliphatic rings. The van der Waals surface area contributed by atoms with E-state index < -0.39 is 0 Å². The maximum atomic E-state index is 13.5. The van der Waals surface area contributed by atoms with Gasteiger partial charge in [0.15, 0.2) is 0 Å². The number of benzene rings is 2. The zero-order valence-corrected chi connectivity index (χ0v) is 18.7. The smallest absolute Gasteiger partial charge is 0.270 e. The van der Waals surface area contributed by atoms with Gasteiger partial charge in [-0.25, -0.2) is 4.39 Å². The molecule has 1 fully saturated rings. The summed E-state index contributed by atoms with van der Waals surface area (Å²) in [5.74, 6) is -0.0952. The molecule has 164 valence electrons. The molecule has 0 aliphatic carbocycles. The second-order valence-corrected chi connectivity index (χ2v) is 9.23. The van der Waals surface area contributed by atoms with Crippen LogP contribution in [-0.2, 0) is 19.5 Å². The number of aryl methyl sites for hydroxylation is 2. The summed E-state index contributed by atoms with van der Waals surface area (Å²) in [6, 6.07) is 21.3. The van der Waals surface area contributed by atoms with E-state index in [4.69, 9.17) is 0 Å². The van der Waals surface area contributed by atoms with E-state index in [1.807, 2.05) is 23.1 Å². The topological polar surface area (TPSA) is 28.5 Å². The first-order valence-corrected chi connectivity index (χ1v) is 11.9. The molecule has 32 heavy (non-hydrogen) atoms. The van der Waals surface area contributed by atoms with Crippen molar-refractivity contribution in [3.63, 3.8) is 0 Å². The van der Waals surface area contributed by atoms with E-state index in [0.29, 0.717) is 13.1 Å². The van der Waals surface area contributed by atoms with Gasteiger partial charge in [0.25, 0.3) is 5.91 Å². The van der Waals surface area contributed by atoms with Gasteiger partial charge in [0.1, 0.15) is 11.5 Å². The Kier molecular flexibility index (Phi) is 6.06. The van der Waals surface area contributed by atoms with Crippen molar-refractivity contribution in [3.05, 3.63) is 94.7 Å². The Balaban J connectivity index is 1.26. The predicted molar refractivity (Wildman–Crippen MR) is 128 cm³/mol. The number of hydrogen-bond donors (Lipinski definition) is 0. The lowest BCUT2D eigenvalue weighted by molar-refractivity contribution is 0.0618. The van der Waals surface area contributed by atoms with Gasteiger partial charge >= 0.3 is 0 Å². The average Bonchev–Trinajstić information content (AvgIpc) is 3.42. The van der Waals surface area contributed by atoms with Crippen LogP contribution in [0.3, 0.4) is 0 Å². The molecule has 0 radical (unpaired) electrons. The third-order valence-electron chi connectivity index (χ3n) is 6.19. The SMILES string of the molecule is O=C(c1cc2sccc2n1CCc1ccccc1)N1CCN(Cc2ccc(F)cc2)CC1. The molecule has 0 N–H and O–H groups in total. The summed E-state index contributed by atoms with van der Waals surface area (Å²) < 4.78 is 16.5. The maximum absolute atomic E-state index is 13.5. The Labute approximate surface area is 191 Å². The lowest BCUT2D eigenvalue weighted by Gasteiger charge is -2.35. The van der Waals surface area contributed by atoms with E-state index in [0.717, 1.165) is 54.1 Å². The molecular formula is C26H26FN3OS. The quantitative estimate of drug-likeness (QED) is 0.414. The molecule has 1 amide bonds. The van der Waals surface area contributed by atoms with Gasteiger partial charge in [-0.05, 0) is 47.2 Å². The van der Waals surface area contributed by atoms with Crippen LogP contribution >= 0.6 is 11.3 Å². The van der Waals surface area contributed by atoms with Gasteiger partial charge in [-0.15, -0.1) is 11.3 Å². The van der Waals surface area contributed by atoms with E-state index >= 15 is 0 Å². The summed E-state index contributed by atoms with van der Waals surface area (Å²) in [4.78, 5) is 17.7. The summed E-state index contributed by atoms with van der Waals surface area (Å²) >= 11 is 1.68. The molecule has 3 heterocycles. The van der Waals surface area contributed by atoms with Crippen molar-refractivity contribution in [3.8, 4) is 0 Å². The van der Waals surface area contributed by atoms with Crippen molar-refractivity contribution in [1.29, 1.82) is 0 Å². The molecule has 1 aliphatic heterocycles. The summed E-state index contributed by atoms with van der Waals surface area (Å²) in [5, 5.41) is 2.09. The minimum absolute atomic E-state index is 0.114. The molecule has 0 saturated carbocycles. The Morgan fingerprint density at radius 1 is 0.906 bits per heavy atom. The minimum atomic E-state index is -0.209. The number of thiophene rings is 1. The third kappa shape index (κ3) is 4.47. The fraction of sp³-hybridized carbons (Fsp3) is 0.269. The number of fused-ring (bicyclic) bond motifs is 1. The van der Waals surface area contributed by atoms with Gasteiger partial charge < -0.3 is 9.47 Å². The molecule has 6 heteroatoms. The van der Waals surface area contributed by atoms with Crippen molar-refractivity contribution >= 4 is 27.5 Å². The lowest BCUT2D eigenvalue weighted by Crippen LogP contribution is -2.48. The average molecular weight is 448 g/mol. The van der Waals surface area contributed by atoms with Crippen LogP contribution in [0.1, 0.15) is 21.6 Å². The van der Waals surface area contributed by atoms with Gasteiger partial charge in [-0.3, -0.25) is 9.69 Å². The van der Waals surface area contributed by atoms with Crippen LogP contribution in [-0.4, -0.2) is 46.5 Å². The first-order chi connectivity index (χ1) is 15.7. The zero-order valence-electron chi connectivity index (χ0n) is 17.9. The summed E-state index contributed by atoms with van der Waals surface area (Å²) in [6.45, 7) is 4.63. The Morgan fingerprint density at radius 3 is 2.41 bits per heavy atom. The number of carbonyl (C=O) groups excluding carboxylic acids is 1. The number of piperazine rings is 1. The highest BCUT2D eigenvalue weighted by Gasteiger charge is 2.25. The van der Waals surface area contributed by atoms with Crippen LogP contribution in [0.25, 0.3) is 10.2 Å². The van der Waals surface area contributed by atoms with Crippen molar-refractivity contribution in [2.75, 3.05) is 26.2 Å². The normalized spacial score (nSPS) is 14.8. The minimum Gasteiger partial charge on any atom is -0.335 e. The summed E-state index contributed by atoms with van der Waals surface area (Å²) in [7, 11) is 0. The van der Waals surface area contributed by atoms with Crippen LogP contribution < -0.4 is 0 Å². The first kappa shape index (κ1) is 20.9. The van der Waals surface area contributed by atoms with Gasteiger partial charge in [-0.1, -0.05) is 42.5 Å². The highest BCUT2D eigenvalue weighted by molar-refractivity contribution is 7.17. The molecule has 1 saturated heterocycles. The molecule has 0 atom stereocenters. The Hall–Kier alpha value is -2.96. The molecule has 2 aromatic carbocycles. The molecule has 0 spiro atoms. The standard InChI is InChI=1S/C26H26FN3OS/c27-22-8-6-21(7-9-22)19-28-13-15-29(16-14-28)26(31)24-18-25-23(11-17-32-25)30(24)12-10-20-4-2-1-3-5-20/h1-9,11,17-18H,10,12-16,19H2. The van der Waals surface area contributed by atoms with Crippen LogP contribution in [0.15, 0.2) is 72.1 Å². The largest absolute Gasteiger partial charge is 0.335 e. The first-order valence-electron chi connectivity index (χ1n) is 11.0. The van der Waals surface area contributed by atoms with Crippen molar-refractivity contribution in [1.82, 2.24) is 14.4 Å². The Morgan fingerprint density at radius 2 is 1.66 bits per heavy atom. The van der Waals surface area contributed by atoms with E-state index in [-0.39, 0.29) is 11.7 Å². The number of hydrogen-bond acceptors (Lipinski definition) is 3. The zero-order chi connectivity index (χ0) is 21.9. The van der Waals surface area contributed by atoms with E-state index in [1.54, 1.807) is 11.3 Å². The highest BCUT2D eigenvalue weighted by atomic mass is 32.1. The fourth-order valence-corrected chi connectivity index (χ4v) is 5.22. The van der Waals surface area contributed by atoms with Crippen molar-refractivity contribution < 1.29 is 9.18 Å². The molecule has 0 unspecified atom stereocenters. The molecular weight excluding hydrogens is 421 g/mol. The predicted octanol–water partition coefficient (Wildman–Crippen LogP) is 5.04. The third-order valence-corrected chi connectivity index (χ3v) is 7.04. The van der Waals surface area contributed by atoms with Crippen LogP contribution in [0.2, 0.25) is 0 Å². The van der Waals surface area contributed by atoms with Crippen molar-refractivity contribution in [2.24, 2.45) is 0 Å². The second kappa shape index (κ2) is 9.27. The van der Waals surface area contributed by atoms with E-state index in [1.165, 1.54) is 17.7 Å². The van der Waals surface area contributed by atoms with Gasteiger partial charge in [0, 0.05) is 39.3 Å². The number of halogens is 1. The number of rotatable bonds is 6. The van der Waals surface area contributed by atoms with Crippen LogP contribution in [0, 0.1) is 5.82 Å². The van der Waals surface area contributed by atoms with Crippen LogP contribution in [0.5, 0.6) is 0 Å². The number of aromatic nitrogens is 1. The molecule has 0 bridgehead atoms. The van der Waals surface area contributed by atoms with Crippen molar-refractivity contribution in [2.45, 2.75) is 19.5 Å². The number of carbonyl (C=O) groups is 1. The van der Waals surface area contributed by atoms with Gasteiger partial charge in [-0.2, -0.15) is 0 Å². The van der Waals surface area contributed by atoms with Crippen LogP contribution in [0.4, 0.5) is 4.39 Å². The monoisotopic (exact) mass is 447 g/mol. The maximum Gasteiger partial charge on any atom is 0.270 e. The summed E-state index contributed by atoms with van der Waals surface area (Å²) in [5.41, 5.74) is 4.30. The van der Waals surface area contributed by atoms with E-state index in [9.17, 15) is 9.18 Å². The highest BCUT2D eigenvalue weighted by Crippen LogP contribution is 2.27. The molecule has 2 aromatic heterocycles. The van der Waals surface area contributed by atoms with Gasteiger partial charge in [0.05, 0.1) is 10.2 Å². The summed E-state index contributed by atoms with van der Waals surface area (Å²) in [6.07, 6.45) is 0.895. The lowest BCUT2D eigenvalue weighted by atomic mass is 10.1. The van der Waals surface area contributed by atoms with E-state index in [2.05, 4.69) is 51.2 Å². The fourth-order valence-electron chi connectivity index (χ4n) is 4.40. The van der Waals surface area contributed by atoms with Gasteiger partial charge in [0.2, 0.25) is 0 Å².